The Labute approximate surface area is 149 Å². The highest BCUT2D eigenvalue weighted by Crippen LogP contribution is 2.27. The fraction of sp³-hybridized carbons (Fsp3) is 0.105. The van der Waals surface area contributed by atoms with Gasteiger partial charge in [0.15, 0.2) is 5.13 Å². The Hall–Kier alpha value is -3.17. The summed E-state index contributed by atoms with van der Waals surface area (Å²) in [5.41, 5.74) is 2.59. The number of ether oxygens (including phenoxy) is 1. The minimum atomic E-state index is -0.496. The maximum absolute atomic E-state index is 12.4. The van der Waals surface area contributed by atoms with Crippen molar-refractivity contribution in [3.05, 3.63) is 59.2 Å². The van der Waals surface area contributed by atoms with Gasteiger partial charge in [-0.3, -0.25) is 10.1 Å². The molecule has 124 valence electrons. The quantitative estimate of drug-likeness (QED) is 0.567. The van der Waals surface area contributed by atoms with Gasteiger partial charge in [-0.15, -0.1) is 0 Å². The molecule has 0 fully saturated rings. The van der Waals surface area contributed by atoms with Crippen molar-refractivity contribution >= 4 is 38.7 Å². The molecule has 1 aromatic heterocycles. The smallest absolute Gasteiger partial charge is 0.268 e. The second-order valence-corrected chi connectivity index (χ2v) is 6.39. The van der Waals surface area contributed by atoms with Gasteiger partial charge in [-0.05, 0) is 36.8 Å². The lowest BCUT2D eigenvalue weighted by atomic mass is 10.1. The summed E-state index contributed by atoms with van der Waals surface area (Å²) in [7, 11) is 1.54. The van der Waals surface area contributed by atoms with Crippen LogP contribution in [-0.4, -0.2) is 18.0 Å². The standard InChI is InChI=1S/C19H15N3O2S/c1-12-7-8-15-17(9-12)25-19(21-15)22-18(23)14(11-20)10-13-5-3-4-6-16(13)24-2/h3-10H,1-2H3,(H,21,22,23)/b14-10+. The molecule has 3 aromatic rings. The summed E-state index contributed by atoms with van der Waals surface area (Å²) in [6.45, 7) is 2.00. The monoisotopic (exact) mass is 349 g/mol. The van der Waals surface area contributed by atoms with Gasteiger partial charge in [0.05, 0.1) is 17.3 Å². The largest absolute Gasteiger partial charge is 0.496 e. The van der Waals surface area contributed by atoms with Gasteiger partial charge in [0.2, 0.25) is 0 Å². The number of amides is 1. The molecule has 25 heavy (non-hydrogen) atoms. The molecule has 3 rings (SSSR count). The van der Waals surface area contributed by atoms with Crippen LogP contribution in [-0.2, 0) is 4.79 Å². The van der Waals surface area contributed by atoms with Crippen LogP contribution in [0.4, 0.5) is 5.13 Å². The van der Waals surface area contributed by atoms with Crippen molar-refractivity contribution in [2.45, 2.75) is 6.92 Å². The molecule has 0 aliphatic carbocycles. The van der Waals surface area contributed by atoms with E-state index in [1.165, 1.54) is 17.4 Å². The molecule has 1 N–H and O–H groups in total. The fourth-order valence-electron chi connectivity index (χ4n) is 2.34. The van der Waals surface area contributed by atoms with E-state index in [4.69, 9.17) is 4.74 Å². The third kappa shape index (κ3) is 3.67. The van der Waals surface area contributed by atoms with Gasteiger partial charge >= 0.3 is 0 Å². The Morgan fingerprint density at radius 1 is 1.32 bits per heavy atom. The molecule has 2 aromatic carbocycles. The van der Waals surface area contributed by atoms with E-state index < -0.39 is 5.91 Å². The van der Waals surface area contributed by atoms with Crippen LogP contribution in [0.5, 0.6) is 5.75 Å². The Balaban J connectivity index is 1.87. The third-order valence-corrected chi connectivity index (χ3v) is 4.50. The number of aryl methyl sites for hydroxylation is 1. The number of rotatable bonds is 4. The second-order valence-electron chi connectivity index (χ2n) is 5.36. The van der Waals surface area contributed by atoms with Crippen LogP contribution in [0, 0.1) is 18.3 Å². The Morgan fingerprint density at radius 3 is 2.88 bits per heavy atom. The molecular weight excluding hydrogens is 334 g/mol. The average molecular weight is 349 g/mol. The first-order valence-corrected chi connectivity index (χ1v) is 8.35. The number of carbonyl (C=O) groups is 1. The van der Waals surface area contributed by atoms with Crippen LogP contribution >= 0.6 is 11.3 Å². The number of hydrogen-bond acceptors (Lipinski definition) is 5. The lowest BCUT2D eigenvalue weighted by molar-refractivity contribution is -0.112. The minimum absolute atomic E-state index is 0.0139. The number of para-hydroxylation sites is 1. The lowest BCUT2D eigenvalue weighted by Crippen LogP contribution is -2.13. The number of anilines is 1. The van der Waals surface area contributed by atoms with E-state index in [2.05, 4.69) is 10.3 Å². The van der Waals surface area contributed by atoms with Crippen molar-refractivity contribution in [2.24, 2.45) is 0 Å². The molecule has 0 aliphatic heterocycles. The van der Waals surface area contributed by atoms with E-state index in [1.54, 1.807) is 19.2 Å². The van der Waals surface area contributed by atoms with Crippen molar-refractivity contribution in [2.75, 3.05) is 12.4 Å². The SMILES string of the molecule is COc1ccccc1/C=C(\C#N)C(=O)Nc1nc2ccc(C)cc2s1. The zero-order chi connectivity index (χ0) is 17.8. The molecule has 0 saturated carbocycles. The van der Waals surface area contributed by atoms with Crippen molar-refractivity contribution < 1.29 is 9.53 Å². The molecule has 0 aliphatic rings. The number of nitrogens with zero attached hydrogens (tertiary/aromatic N) is 2. The summed E-state index contributed by atoms with van der Waals surface area (Å²) in [5, 5.41) is 12.5. The van der Waals surface area contributed by atoms with Crippen LogP contribution in [0.2, 0.25) is 0 Å². The van der Waals surface area contributed by atoms with Crippen molar-refractivity contribution in [1.29, 1.82) is 5.26 Å². The number of benzene rings is 2. The molecule has 0 atom stereocenters. The molecule has 0 radical (unpaired) electrons. The number of methoxy groups -OCH3 is 1. The summed E-state index contributed by atoms with van der Waals surface area (Å²) in [6, 6.07) is 15.0. The highest BCUT2D eigenvalue weighted by Gasteiger charge is 2.13. The number of aromatic nitrogens is 1. The van der Waals surface area contributed by atoms with Crippen molar-refractivity contribution in [3.63, 3.8) is 0 Å². The molecule has 0 unspecified atom stereocenters. The number of hydrogen-bond donors (Lipinski definition) is 1. The number of carbonyl (C=O) groups excluding carboxylic acids is 1. The Bertz CT molecular complexity index is 1010. The maximum Gasteiger partial charge on any atom is 0.268 e. The van der Waals surface area contributed by atoms with Crippen LogP contribution < -0.4 is 10.1 Å². The fourth-order valence-corrected chi connectivity index (χ4v) is 3.30. The van der Waals surface area contributed by atoms with Crippen LogP contribution in [0.15, 0.2) is 48.0 Å². The Morgan fingerprint density at radius 2 is 2.12 bits per heavy atom. The second kappa shape index (κ2) is 7.16. The van der Waals surface area contributed by atoms with E-state index >= 15 is 0 Å². The maximum atomic E-state index is 12.4. The zero-order valence-electron chi connectivity index (χ0n) is 13.7. The number of thiazole rings is 1. The molecule has 0 saturated heterocycles. The van der Waals surface area contributed by atoms with Gasteiger partial charge in [0.1, 0.15) is 17.4 Å². The summed E-state index contributed by atoms with van der Waals surface area (Å²) >= 11 is 1.38. The summed E-state index contributed by atoms with van der Waals surface area (Å²) < 4.78 is 6.23. The molecule has 1 heterocycles. The van der Waals surface area contributed by atoms with Gasteiger partial charge in [-0.1, -0.05) is 35.6 Å². The highest BCUT2D eigenvalue weighted by molar-refractivity contribution is 7.22. The zero-order valence-corrected chi connectivity index (χ0v) is 14.6. The van der Waals surface area contributed by atoms with Crippen molar-refractivity contribution in [1.82, 2.24) is 4.98 Å². The summed E-state index contributed by atoms with van der Waals surface area (Å²) in [4.78, 5) is 16.8. The van der Waals surface area contributed by atoms with Gasteiger partial charge in [0.25, 0.3) is 5.91 Å². The van der Waals surface area contributed by atoms with Gasteiger partial charge in [0, 0.05) is 5.56 Å². The lowest BCUT2D eigenvalue weighted by Gasteiger charge is -2.05. The van der Waals surface area contributed by atoms with Crippen LogP contribution in [0.1, 0.15) is 11.1 Å². The number of fused-ring (bicyclic) bond motifs is 1. The first-order valence-electron chi connectivity index (χ1n) is 7.54. The van der Waals surface area contributed by atoms with E-state index in [0.717, 1.165) is 15.8 Å². The molecule has 0 spiro atoms. The van der Waals surface area contributed by atoms with Crippen LogP contribution in [0.25, 0.3) is 16.3 Å². The molecule has 1 amide bonds. The molecule has 5 nitrogen and oxygen atoms in total. The highest BCUT2D eigenvalue weighted by atomic mass is 32.1. The minimum Gasteiger partial charge on any atom is -0.496 e. The van der Waals surface area contributed by atoms with Gasteiger partial charge < -0.3 is 4.74 Å². The topological polar surface area (TPSA) is 75.0 Å². The van der Waals surface area contributed by atoms with Gasteiger partial charge in [-0.25, -0.2) is 4.98 Å². The van der Waals surface area contributed by atoms with E-state index in [9.17, 15) is 10.1 Å². The first kappa shape index (κ1) is 16.7. The number of nitriles is 1. The predicted molar refractivity (Wildman–Crippen MR) is 99.6 cm³/mol. The molecule has 0 bridgehead atoms. The first-order chi connectivity index (χ1) is 12.1. The predicted octanol–water partition coefficient (Wildman–Crippen LogP) is 4.16. The normalized spacial score (nSPS) is 11.2. The molecular formula is C19H15N3O2S. The van der Waals surface area contributed by atoms with Gasteiger partial charge in [-0.2, -0.15) is 5.26 Å². The Kier molecular flexibility index (Phi) is 4.78. The van der Waals surface area contributed by atoms with Crippen LogP contribution in [0.3, 0.4) is 0 Å². The summed E-state index contributed by atoms with van der Waals surface area (Å²) in [5.74, 6) is 0.0997. The van der Waals surface area contributed by atoms with Crippen molar-refractivity contribution in [3.8, 4) is 11.8 Å². The van der Waals surface area contributed by atoms with E-state index in [-0.39, 0.29) is 5.57 Å². The molecule has 6 heteroatoms. The third-order valence-electron chi connectivity index (χ3n) is 3.57. The number of nitrogens with one attached hydrogen (secondary N) is 1. The van der Waals surface area contributed by atoms with E-state index in [1.807, 2.05) is 43.3 Å². The average Bonchev–Trinajstić information content (AvgIpc) is 3.01. The summed E-state index contributed by atoms with van der Waals surface area (Å²) in [6.07, 6.45) is 1.51. The van der Waals surface area contributed by atoms with E-state index in [0.29, 0.717) is 16.4 Å².